The highest BCUT2D eigenvalue weighted by molar-refractivity contribution is 5.80. The summed E-state index contributed by atoms with van der Waals surface area (Å²) in [6.07, 6.45) is -3.89. The summed E-state index contributed by atoms with van der Waals surface area (Å²) in [5.41, 5.74) is 0. The summed E-state index contributed by atoms with van der Waals surface area (Å²) in [5, 5.41) is 27.7. The predicted octanol–water partition coefficient (Wildman–Crippen LogP) is -1.93. The lowest BCUT2D eigenvalue weighted by molar-refractivity contribution is -0.126. The number of carbonyl (C=O) groups is 1. The largest absolute Gasteiger partial charge is 0.394 e. The third-order valence-corrected chi connectivity index (χ3v) is 2.38. The van der Waals surface area contributed by atoms with E-state index in [2.05, 4.69) is 4.74 Å². The molecule has 1 aliphatic heterocycles. The second-order valence-electron chi connectivity index (χ2n) is 3.55. The van der Waals surface area contributed by atoms with Gasteiger partial charge in [0.05, 0.1) is 12.7 Å². The minimum absolute atomic E-state index is 0.0252. The van der Waals surface area contributed by atoms with Crippen molar-refractivity contribution in [1.29, 1.82) is 0 Å². The van der Waals surface area contributed by atoms with E-state index in [0.717, 1.165) is 0 Å². The normalized spacial score (nSPS) is 35.7. The van der Waals surface area contributed by atoms with Crippen molar-refractivity contribution in [2.75, 3.05) is 20.3 Å². The van der Waals surface area contributed by atoms with Gasteiger partial charge in [-0.15, -0.1) is 0 Å². The molecule has 0 aliphatic carbocycles. The molecule has 1 saturated heterocycles. The van der Waals surface area contributed by atoms with Gasteiger partial charge in [0.15, 0.2) is 5.78 Å². The molecule has 1 aliphatic rings. The number of aliphatic hydroxyl groups excluding tert-OH is 3. The standard InChI is InChI=1S/C9H16O6/c1-14-4-5(11)2-6-8(12)9(13)7(3-10)15-6/h6-10,12-13H,2-4H2,1H3/t6-,7-,8-,9-/m1/s1. The Morgan fingerprint density at radius 1 is 1.33 bits per heavy atom. The zero-order valence-electron chi connectivity index (χ0n) is 8.50. The highest BCUT2D eigenvalue weighted by atomic mass is 16.6. The van der Waals surface area contributed by atoms with E-state index in [4.69, 9.17) is 9.84 Å². The molecule has 1 rings (SSSR count). The van der Waals surface area contributed by atoms with Crippen LogP contribution in [0.2, 0.25) is 0 Å². The summed E-state index contributed by atoms with van der Waals surface area (Å²) in [5.74, 6) is -0.215. The van der Waals surface area contributed by atoms with Crippen LogP contribution in [0.1, 0.15) is 6.42 Å². The Kier molecular flexibility index (Phi) is 4.62. The van der Waals surface area contributed by atoms with E-state index in [1.165, 1.54) is 7.11 Å². The van der Waals surface area contributed by atoms with Crippen molar-refractivity contribution in [3.05, 3.63) is 0 Å². The molecule has 0 aromatic rings. The van der Waals surface area contributed by atoms with E-state index in [-0.39, 0.29) is 25.4 Å². The lowest BCUT2D eigenvalue weighted by atomic mass is 10.0. The highest BCUT2D eigenvalue weighted by Crippen LogP contribution is 2.23. The summed E-state index contributed by atoms with van der Waals surface area (Å²) < 4.78 is 9.76. The molecule has 15 heavy (non-hydrogen) atoms. The number of hydrogen-bond donors (Lipinski definition) is 3. The number of ether oxygens (including phenoxy) is 2. The van der Waals surface area contributed by atoms with E-state index >= 15 is 0 Å². The maximum absolute atomic E-state index is 11.2. The quantitative estimate of drug-likeness (QED) is 0.499. The van der Waals surface area contributed by atoms with E-state index in [1.54, 1.807) is 0 Å². The van der Waals surface area contributed by atoms with Gasteiger partial charge < -0.3 is 24.8 Å². The average molecular weight is 220 g/mol. The lowest BCUT2D eigenvalue weighted by Crippen LogP contribution is -2.34. The molecule has 0 aromatic carbocycles. The molecular weight excluding hydrogens is 204 g/mol. The van der Waals surface area contributed by atoms with Gasteiger partial charge in [0.2, 0.25) is 0 Å². The van der Waals surface area contributed by atoms with Crippen molar-refractivity contribution in [3.63, 3.8) is 0 Å². The van der Waals surface area contributed by atoms with Crippen LogP contribution in [0.25, 0.3) is 0 Å². The van der Waals surface area contributed by atoms with E-state index in [9.17, 15) is 15.0 Å². The van der Waals surface area contributed by atoms with Gasteiger partial charge in [-0.3, -0.25) is 4.79 Å². The minimum atomic E-state index is -1.14. The first kappa shape index (κ1) is 12.5. The van der Waals surface area contributed by atoms with Crippen molar-refractivity contribution in [2.45, 2.75) is 30.8 Å². The van der Waals surface area contributed by atoms with Crippen LogP contribution in [0.5, 0.6) is 0 Å². The van der Waals surface area contributed by atoms with Crippen LogP contribution in [0.15, 0.2) is 0 Å². The van der Waals surface area contributed by atoms with Gasteiger partial charge in [0, 0.05) is 13.5 Å². The van der Waals surface area contributed by atoms with Crippen LogP contribution < -0.4 is 0 Å². The molecule has 0 spiro atoms. The number of aliphatic hydroxyl groups is 3. The van der Waals surface area contributed by atoms with Gasteiger partial charge in [0.1, 0.15) is 24.9 Å². The Balaban J connectivity index is 2.47. The fraction of sp³-hybridized carbons (Fsp3) is 0.889. The molecule has 0 amide bonds. The van der Waals surface area contributed by atoms with Crippen LogP contribution >= 0.6 is 0 Å². The Morgan fingerprint density at radius 2 is 1.93 bits per heavy atom. The van der Waals surface area contributed by atoms with Gasteiger partial charge in [-0.05, 0) is 0 Å². The monoisotopic (exact) mass is 220 g/mol. The molecule has 3 N–H and O–H groups in total. The maximum atomic E-state index is 11.2. The molecule has 88 valence electrons. The Bertz CT molecular complexity index is 219. The van der Waals surface area contributed by atoms with Crippen molar-refractivity contribution in [2.24, 2.45) is 0 Å². The maximum Gasteiger partial charge on any atom is 0.161 e. The zero-order chi connectivity index (χ0) is 11.4. The molecule has 0 radical (unpaired) electrons. The van der Waals surface area contributed by atoms with Crippen LogP contribution in [-0.4, -0.2) is 65.8 Å². The SMILES string of the molecule is COCC(=O)C[C@H]1O[C@H](CO)[C@@H](O)[C@@H]1O. The summed E-state index contributed by atoms with van der Waals surface area (Å²) >= 11 is 0. The molecule has 6 heteroatoms. The molecule has 1 heterocycles. The highest BCUT2D eigenvalue weighted by Gasteiger charge is 2.42. The van der Waals surface area contributed by atoms with Crippen LogP contribution in [-0.2, 0) is 14.3 Å². The second-order valence-corrected chi connectivity index (χ2v) is 3.55. The first-order valence-corrected chi connectivity index (χ1v) is 4.73. The van der Waals surface area contributed by atoms with E-state index < -0.39 is 24.4 Å². The third-order valence-electron chi connectivity index (χ3n) is 2.38. The number of methoxy groups -OCH3 is 1. The number of hydrogen-bond acceptors (Lipinski definition) is 6. The average Bonchev–Trinajstić information content (AvgIpc) is 2.46. The topological polar surface area (TPSA) is 96.2 Å². The summed E-state index contributed by atoms with van der Waals surface area (Å²) in [6, 6.07) is 0. The minimum Gasteiger partial charge on any atom is -0.394 e. The van der Waals surface area contributed by atoms with Gasteiger partial charge in [-0.1, -0.05) is 0 Å². The number of rotatable bonds is 5. The van der Waals surface area contributed by atoms with Crippen LogP contribution in [0, 0.1) is 0 Å². The van der Waals surface area contributed by atoms with E-state index in [0.29, 0.717) is 0 Å². The van der Waals surface area contributed by atoms with Gasteiger partial charge in [0.25, 0.3) is 0 Å². The van der Waals surface area contributed by atoms with Gasteiger partial charge in [-0.25, -0.2) is 0 Å². The Hall–Kier alpha value is -0.530. The van der Waals surface area contributed by atoms with Gasteiger partial charge >= 0.3 is 0 Å². The summed E-state index contributed by atoms with van der Waals surface area (Å²) in [6.45, 7) is -0.431. The number of carbonyl (C=O) groups excluding carboxylic acids is 1. The fourth-order valence-electron chi connectivity index (χ4n) is 1.59. The first-order chi connectivity index (χ1) is 7.10. The number of ketones is 1. The van der Waals surface area contributed by atoms with Crippen molar-refractivity contribution >= 4 is 5.78 Å². The molecule has 0 unspecified atom stereocenters. The zero-order valence-corrected chi connectivity index (χ0v) is 8.50. The molecular formula is C9H16O6. The second kappa shape index (κ2) is 5.53. The van der Waals surface area contributed by atoms with E-state index in [1.807, 2.05) is 0 Å². The summed E-state index contributed by atoms with van der Waals surface area (Å²) in [7, 11) is 1.40. The Labute approximate surface area is 87.4 Å². The third kappa shape index (κ3) is 2.96. The predicted molar refractivity (Wildman–Crippen MR) is 49.3 cm³/mol. The smallest absolute Gasteiger partial charge is 0.161 e. The number of Topliss-reactive ketones (excluding diaryl/α,β-unsaturated/α-hetero) is 1. The first-order valence-electron chi connectivity index (χ1n) is 4.73. The van der Waals surface area contributed by atoms with Gasteiger partial charge in [-0.2, -0.15) is 0 Å². The summed E-state index contributed by atoms with van der Waals surface area (Å²) in [4.78, 5) is 11.2. The Morgan fingerprint density at radius 3 is 2.40 bits per heavy atom. The van der Waals surface area contributed by atoms with Crippen LogP contribution in [0.3, 0.4) is 0 Å². The molecule has 6 nitrogen and oxygen atoms in total. The van der Waals surface area contributed by atoms with Crippen LogP contribution in [0.4, 0.5) is 0 Å². The molecule has 1 fully saturated rings. The molecule has 0 bridgehead atoms. The fourth-order valence-corrected chi connectivity index (χ4v) is 1.59. The lowest BCUT2D eigenvalue weighted by Gasteiger charge is -2.13. The van der Waals surface area contributed by atoms with Crippen molar-refractivity contribution in [3.8, 4) is 0 Å². The molecule has 4 atom stereocenters. The van der Waals surface area contributed by atoms with Crippen molar-refractivity contribution in [1.82, 2.24) is 0 Å². The molecule has 0 aromatic heterocycles. The van der Waals surface area contributed by atoms with Crippen molar-refractivity contribution < 1.29 is 29.6 Å². The molecule has 0 saturated carbocycles.